The van der Waals surface area contributed by atoms with Gasteiger partial charge < -0.3 is 4.57 Å². The number of benzene rings is 7. The monoisotopic (exact) mass is 686 g/mol. The van der Waals surface area contributed by atoms with E-state index in [0.717, 1.165) is 27.1 Å². The minimum Gasteiger partial charge on any atom is -0.309 e. The van der Waals surface area contributed by atoms with Gasteiger partial charge in [-0.25, -0.2) is 15.0 Å². The van der Waals surface area contributed by atoms with Gasteiger partial charge >= 0.3 is 0 Å². The molecule has 6 heteroatoms. The Morgan fingerprint density at radius 3 is 1.65 bits per heavy atom. The molecule has 0 fully saturated rings. The highest BCUT2D eigenvalue weighted by Gasteiger charge is 2.21. The Bertz CT molecular complexity index is 3080. The van der Waals surface area contributed by atoms with Crippen LogP contribution in [-0.4, -0.2) is 19.5 Å². The molecule has 0 amide bonds. The molecule has 0 bridgehead atoms. The van der Waals surface area contributed by atoms with E-state index in [-0.39, 0.29) is 0 Å². The molecule has 51 heavy (non-hydrogen) atoms. The molecule has 0 aliphatic rings. The summed E-state index contributed by atoms with van der Waals surface area (Å²) in [6.45, 7) is 0. The maximum Gasteiger partial charge on any atom is 0.165 e. The molecule has 0 spiro atoms. The number of nitrogens with zero attached hydrogens (tertiary/aromatic N) is 4. The molecule has 0 aliphatic heterocycles. The number of hydrogen-bond acceptors (Lipinski definition) is 5. The van der Waals surface area contributed by atoms with Crippen molar-refractivity contribution in [1.29, 1.82) is 0 Å². The first-order valence-corrected chi connectivity index (χ1v) is 18.6. The van der Waals surface area contributed by atoms with E-state index < -0.39 is 0 Å². The highest BCUT2D eigenvalue weighted by Crippen LogP contribution is 2.44. The number of hydrogen-bond donors (Lipinski definition) is 0. The van der Waals surface area contributed by atoms with E-state index in [1.54, 1.807) is 11.3 Å². The zero-order chi connectivity index (χ0) is 33.5. The van der Waals surface area contributed by atoms with Crippen molar-refractivity contribution in [2.75, 3.05) is 0 Å². The van der Waals surface area contributed by atoms with Crippen LogP contribution in [0.1, 0.15) is 0 Å². The largest absolute Gasteiger partial charge is 0.309 e. The lowest BCUT2D eigenvalue weighted by Gasteiger charge is -2.13. The van der Waals surface area contributed by atoms with E-state index in [1.165, 1.54) is 57.5 Å². The third kappa shape index (κ3) is 4.47. The molecule has 4 heterocycles. The first-order valence-electron chi connectivity index (χ1n) is 16.9. The van der Waals surface area contributed by atoms with E-state index in [4.69, 9.17) is 15.0 Å². The lowest BCUT2D eigenvalue weighted by Crippen LogP contribution is -2.01. The number of fused-ring (bicyclic) bond motifs is 9. The number of thiophene rings is 2. The van der Waals surface area contributed by atoms with Crippen LogP contribution in [0.4, 0.5) is 0 Å². The predicted octanol–water partition coefficient (Wildman–Crippen LogP) is 12.7. The molecular weight excluding hydrogens is 661 g/mol. The highest BCUT2D eigenvalue weighted by molar-refractivity contribution is 7.26. The average Bonchev–Trinajstić information content (AvgIpc) is 3.86. The maximum atomic E-state index is 5.21. The van der Waals surface area contributed by atoms with Gasteiger partial charge in [0.2, 0.25) is 0 Å². The van der Waals surface area contributed by atoms with Gasteiger partial charge in [-0.3, -0.25) is 0 Å². The molecule has 4 nitrogen and oxygen atoms in total. The zero-order valence-corrected chi connectivity index (χ0v) is 28.7. The minimum absolute atomic E-state index is 0.655. The second-order valence-electron chi connectivity index (χ2n) is 12.8. The Balaban J connectivity index is 1.25. The quantitative estimate of drug-likeness (QED) is 0.185. The molecule has 0 saturated carbocycles. The normalized spacial score (nSPS) is 11.9. The van der Waals surface area contributed by atoms with E-state index in [1.807, 2.05) is 47.7 Å². The lowest BCUT2D eigenvalue weighted by molar-refractivity contribution is 1.07. The Kier molecular flexibility index (Phi) is 6.26. The molecule has 0 aliphatic carbocycles. The van der Waals surface area contributed by atoms with Crippen molar-refractivity contribution in [1.82, 2.24) is 19.5 Å². The Hall–Kier alpha value is -6.21. The van der Waals surface area contributed by atoms with Crippen molar-refractivity contribution in [2.45, 2.75) is 0 Å². The van der Waals surface area contributed by atoms with Crippen molar-refractivity contribution in [3.05, 3.63) is 158 Å². The molecule has 0 radical (unpaired) electrons. The van der Waals surface area contributed by atoms with Crippen LogP contribution in [0.2, 0.25) is 0 Å². The zero-order valence-electron chi connectivity index (χ0n) is 27.1. The molecule has 11 aromatic rings. The van der Waals surface area contributed by atoms with Gasteiger partial charge in [0.05, 0.1) is 11.0 Å². The van der Waals surface area contributed by atoms with Gasteiger partial charge in [0, 0.05) is 73.5 Å². The summed E-state index contributed by atoms with van der Waals surface area (Å²) in [6.07, 6.45) is 0. The fourth-order valence-corrected chi connectivity index (χ4v) is 9.82. The van der Waals surface area contributed by atoms with Gasteiger partial charge in [-0.15, -0.1) is 22.7 Å². The van der Waals surface area contributed by atoms with Crippen LogP contribution in [0, 0.1) is 0 Å². The van der Waals surface area contributed by atoms with E-state index in [0.29, 0.717) is 17.5 Å². The second kappa shape index (κ2) is 11.2. The standard InChI is InChI=1S/C45H26N4S2/c1-3-13-27(14-4-1)43-46-44(28-15-5-2-6-16-28)48-45(47-43)36-24-29(23-35-32-19-9-12-22-40(32)51-42(35)36)49-37-20-10-7-17-30(37)33-26-41-34(25-38(33)49)31-18-8-11-21-39(31)50-41/h1-26H. The summed E-state index contributed by atoms with van der Waals surface area (Å²) in [7, 11) is 0. The SMILES string of the molecule is c1ccc(-c2nc(-c3ccccc3)nc(-c3cc(-n4c5ccccc5c5cc6sc7ccccc7c6cc54)cc4c3sc3ccccc34)n2)cc1. The Morgan fingerprint density at radius 2 is 0.941 bits per heavy atom. The van der Waals surface area contributed by atoms with E-state index in [2.05, 4.69) is 126 Å². The summed E-state index contributed by atoms with van der Waals surface area (Å²) in [5.41, 5.74) is 6.34. The van der Waals surface area contributed by atoms with Crippen molar-refractivity contribution in [3.8, 4) is 39.9 Å². The summed E-state index contributed by atoms with van der Waals surface area (Å²) in [4.78, 5) is 15.4. The lowest BCUT2D eigenvalue weighted by atomic mass is 10.1. The maximum absolute atomic E-state index is 5.21. The van der Waals surface area contributed by atoms with Crippen molar-refractivity contribution in [3.63, 3.8) is 0 Å². The molecule has 238 valence electrons. The average molecular weight is 687 g/mol. The summed E-state index contributed by atoms with van der Waals surface area (Å²) in [5, 5.41) is 7.49. The molecule has 0 unspecified atom stereocenters. The highest BCUT2D eigenvalue weighted by atomic mass is 32.1. The fourth-order valence-electron chi connectivity index (χ4n) is 7.50. The van der Waals surface area contributed by atoms with Crippen LogP contribution < -0.4 is 0 Å². The topological polar surface area (TPSA) is 43.6 Å². The van der Waals surface area contributed by atoms with Crippen LogP contribution in [0.15, 0.2) is 158 Å². The number of rotatable bonds is 4. The van der Waals surface area contributed by atoms with Crippen LogP contribution in [0.5, 0.6) is 0 Å². The third-order valence-electron chi connectivity index (χ3n) is 9.83. The van der Waals surface area contributed by atoms with Crippen molar-refractivity contribution >= 4 is 84.8 Å². The predicted molar refractivity (Wildman–Crippen MR) is 216 cm³/mol. The van der Waals surface area contributed by atoms with Gasteiger partial charge in [-0.05, 0) is 42.5 Å². The van der Waals surface area contributed by atoms with Crippen LogP contribution in [0.25, 0.3) is 102 Å². The first-order chi connectivity index (χ1) is 25.3. The number of aromatic nitrogens is 4. The molecule has 0 N–H and O–H groups in total. The van der Waals surface area contributed by atoms with E-state index in [9.17, 15) is 0 Å². The van der Waals surface area contributed by atoms with Gasteiger partial charge in [-0.2, -0.15) is 0 Å². The molecular formula is C45H26N4S2. The van der Waals surface area contributed by atoms with Gasteiger partial charge in [0.15, 0.2) is 17.5 Å². The molecule has 7 aromatic carbocycles. The summed E-state index contributed by atoms with van der Waals surface area (Å²) in [6, 6.07) is 56.0. The molecule has 0 atom stereocenters. The van der Waals surface area contributed by atoms with Crippen LogP contribution >= 0.6 is 22.7 Å². The molecule has 4 aromatic heterocycles. The minimum atomic E-state index is 0.655. The van der Waals surface area contributed by atoms with Crippen molar-refractivity contribution < 1.29 is 0 Å². The van der Waals surface area contributed by atoms with Crippen molar-refractivity contribution in [2.24, 2.45) is 0 Å². The second-order valence-corrected chi connectivity index (χ2v) is 15.0. The smallest absolute Gasteiger partial charge is 0.165 e. The Labute approximate surface area is 300 Å². The summed E-state index contributed by atoms with van der Waals surface area (Å²) >= 11 is 3.66. The van der Waals surface area contributed by atoms with Gasteiger partial charge in [0.25, 0.3) is 0 Å². The third-order valence-corrected chi connectivity index (χ3v) is 12.2. The summed E-state index contributed by atoms with van der Waals surface area (Å²) < 4.78 is 7.45. The van der Waals surface area contributed by atoms with E-state index >= 15 is 0 Å². The summed E-state index contributed by atoms with van der Waals surface area (Å²) in [5.74, 6) is 1.97. The fraction of sp³-hybridized carbons (Fsp3) is 0. The van der Waals surface area contributed by atoms with Crippen LogP contribution in [-0.2, 0) is 0 Å². The Morgan fingerprint density at radius 1 is 0.373 bits per heavy atom. The number of para-hydroxylation sites is 1. The van der Waals surface area contributed by atoms with Gasteiger partial charge in [-0.1, -0.05) is 115 Å². The van der Waals surface area contributed by atoms with Crippen LogP contribution in [0.3, 0.4) is 0 Å². The first kappa shape index (κ1) is 28.6. The molecule has 11 rings (SSSR count). The van der Waals surface area contributed by atoms with Gasteiger partial charge in [0.1, 0.15) is 0 Å². The molecule has 0 saturated heterocycles.